The van der Waals surface area contributed by atoms with Crippen molar-refractivity contribution < 1.29 is 24.2 Å². The maximum absolute atomic E-state index is 14.8. The minimum Gasteiger partial charge on any atom is -0.494 e. The second-order valence-electron chi connectivity index (χ2n) is 12.9. The molecule has 44 heavy (non-hydrogen) atoms. The van der Waals surface area contributed by atoms with E-state index in [0.717, 1.165) is 50.0 Å². The molecule has 9 heteroatoms. The Kier molecular flexibility index (Phi) is 10.1. The molecule has 3 saturated heterocycles. The first-order valence-corrected chi connectivity index (χ1v) is 17.3. The van der Waals surface area contributed by atoms with Gasteiger partial charge in [-0.05, 0) is 76.6 Å². The number of nitrogens with zero attached hydrogens (tertiary/aromatic N) is 3. The van der Waals surface area contributed by atoms with Crippen molar-refractivity contribution in [3.05, 3.63) is 49.6 Å². The molecular weight excluding hydrogens is 574 g/mol. The molecular formula is C35H49N3O5S. The molecule has 3 heterocycles. The largest absolute Gasteiger partial charge is 0.494 e. The third-order valence-corrected chi connectivity index (χ3v) is 12.2. The maximum atomic E-state index is 14.8. The third kappa shape index (κ3) is 5.70. The smallest absolute Gasteiger partial charge is 0.247 e. The monoisotopic (exact) mass is 623 g/mol. The summed E-state index contributed by atoms with van der Waals surface area (Å²) in [5.41, 5.74) is 0.733. The Morgan fingerprint density at radius 2 is 1.77 bits per heavy atom. The van der Waals surface area contributed by atoms with Gasteiger partial charge >= 0.3 is 0 Å². The first kappa shape index (κ1) is 32.6. The molecule has 1 aromatic carbocycles. The normalized spacial score (nSPS) is 29.4. The number of benzene rings is 1. The topological polar surface area (TPSA) is 90.4 Å². The van der Waals surface area contributed by atoms with Gasteiger partial charge in [-0.1, -0.05) is 31.4 Å². The molecule has 1 N–H and O–H groups in total. The molecule has 3 amide bonds. The predicted molar refractivity (Wildman–Crippen MR) is 176 cm³/mol. The summed E-state index contributed by atoms with van der Waals surface area (Å²) < 4.78 is 4.48. The SMILES string of the molecule is C=CCN(C(=O)[C@@H]1[C@H]2C(=O)N(CCCCO)C(C(=O)N(CC=C)C3CCCCC3)C23CC[C@@]1(C)S3)c1ccc(OCC)cc1. The summed E-state index contributed by atoms with van der Waals surface area (Å²) in [5, 5.41) is 9.53. The Morgan fingerprint density at radius 3 is 2.41 bits per heavy atom. The average Bonchev–Trinajstić information content (AvgIpc) is 3.60. The number of fused-ring (bicyclic) bond motifs is 1. The van der Waals surface area contributed by atoms with Crippen LogP contribution in [0.5, 0.6) is 5.75 Å². The Balaban J connectivity index is 1.52. The number of thioether (sulfide) groups is 1. The van der Waals surface area contributed by atoms with Crippen LogP contribution in [0, 0.1) is 11.8 Å². The first-order chi connectivity index (χ1) is 21.3. The van der Waals surface area contributed by atoms with E-state index >= 15 is 0 Å². The molecule has 1 aliphatic carbocycles. The van der Waals surface area contributed by atoms with Crippen molar-refractivity contribution in [2.45, 2.75) is 93.2 Å². The Bertz CT molecular complexity index is 1230. The van der Waals surface area contributed by atoms with Gasteiger partial charge in [-0.15, -0.1) is 24.9 Å². The van der Waals surface area contributed by atoms with Gasteiger partial charge < -0.3 is 24.5 Å². The fraction of sp³-hybridized carbons (Fsp3) is 0.629. The Labute approximate surface area is 266 Å². The van der Waals surface area contributed by atoms with Gasteiger partial charge in [0.15, 0.2) is 0 Å². The predicted octanol–water partition coefficient (Wildman–Crippen LogP) is 5.21. The van der Waals surface area contributed by atoms with Gasteiger partial charge in [-0.25, -0.2) is 0 Å². The summed E-state index contributed by atoms with van der Waals surface area (Å²) in [6, 6.07) is 6.98. The van der Waals surface area contributed by atoms with Crippen LogP contribution in [-0.2, 0) is 14.4 Å². The zero-order valence-electron chi connectivity index (χ0n) is 26.4. The molecule has 3 aliphatic heterocycles. The summed E-state index contributed by atoms with van der Waals surface area (Å²) in [4.78, 5) is 49.5. The quantitative estimate of drug-likeness (QED) is 0.226. The number of unbranched alkanes of at least 4 members (excludes halogenated alkanes) is 1. The standard InChI is InChI=1S/C35H49N3O5S/c1-5-21-36(26-15-17-27(18-16-26)43-7-3)31(40)28-29-32(41)38(23-11-12-24-39)30(35(29)20-19-34(28,4)44-35)33(42)37(22-6-2)25-13-9-8-10-14-25/h5-6,15-18,25,28-30,39H,1-2,7-14,19-24H2,3-4H3/t28-,29-,30?,34+,35?/m0/s1. The van der Waals surface area contributed by atoms with Gasteiger partial charge in [0.1, 0.15) is 11.8 Å². The van der Waals surface area contributed by atoms with Crippen LogP contribution in [0.2, 0.25) is 0 Å². The van der Waals surface area contributed by atoms with E-state index in [4.69, 9.17) is 4.74 Å². The molecule has 4 aliphatic rings. The number of amides is 3. The number of carbonyl (C=O) groups excluding carboxylic acids is 3. The molecule has 5 atom stereocenters. The first-order valence-electron chi connectivity index (χ1n) is 16.4. The van der Waals surface area contributed by atoms with Gasteiger partial charge in [-0.3, -0.25) is 14.4 Å². The lowest BCUT2D eigenvalue weighted by atomic mass is 9.66. The highest BCUT2D eigenvalue weighted by Crippen LogP contribution is 2.71. The molecule has 2 unspecified atom stereocenters. The molecule has 240 valence electrons. The summed E-state index contributed by atoms with van der Waals surface area (Å²) in [6.07, 6.45) is 11.5. The van der Waals surface area contributed by atoms with E-state index in [1.54, 1.807) is 33.7 Å². The summed E-state index contributed by atoms with van der Waals surface area (Å²) in [5.74, 6) is -0.618. The van der Waals surface area contributed by atoms with Crippen LogP contribution in [0.3, 0.4) is 0 Å². The van der Waals surface area contributed by atoms with E-state index in [9.17, 15) is 19.5 Å². The molecule has 0 radical (unpaired) electrons. The van der Waals surface area contributed by atoms with E-state index in [0.29, 0.717) is 39.1 Å². The second kappa shape index (κ2) is 13.7. The molecule has 2 bridgehead atoms. The van der Waals surface area contributed by atoms with Crippen LogP contribution in [0.4, 0.5) is 5.69 Å². The highest BCUT2D eigenvalue weighted by molar-refractivity contribution is 8.02. The van der Waals surface area contributed by atoms with Crippen molar-refractivity contribution in [2.24, 2.45) is 11.8 Å². The zero-order chi connectivity index (χ0) is 31.5. The van der Waals surface area contributed by atoms with Crippen molar-refractivity contribution >= 4 is 35.2 Å². The van der Waals surface area contributed by atoms with Gasteiger partial charge in [0.2, 0.25) is 17.7 Å². The van der Waals surface area contributed by atoms with E-state index in [2.05, 4.69) is 20.1 Å². The third-order valence-electron chi connectivity index (χ3n) is 10.2. The number of likely N-dealkylation sites (tertiary alicyclic amines) is 1. The van der Waals surface area contributed by atoms with Gasteiger partial charge in [0, 0.05) is 42.7 Å². The van der Waals surface area contributed by atoms with Crippen LogP contribution in [0.1, 0.15) is 71.6 Å². The summed E-state index contributed by atoms with van der Waals surface area (Å²) >= 11 is 1.71. The minimum absolute atomic E-state index is 0.00374. The molecule has 1 spiro atoms. The Morgan fingerprint density at radius 1 is 1.07 bits per heavy atom. The van der Waals surface area contributed by atoms with Crippen LogP contribution in [-0.4, -0.2) is 87.1 Å². The van der Waals surface area contributed by atoms with E-state index < -0.39 is 27.4 Å². The molecule has 4 fully saturated rings. The van der Waals surface area contributed by atoms with Crippen LogP contribution < -0.4 is 9.64 Å². The molecule has 1 aromatic rings. The second-order valence-corrected chi connectivity index (χ2v) is 14.8. The number of carbonyl (C=O) groups is 3. The molecule has 5 rings (SSSR count). The number of aliphatic hydroxyl groups is 1. The number of ether oxygens (including phenoxy) is 1. The maximum Gasteiger partial charge on any atom is 0.247 e. The van der Waals surface area contributed by atoms with Crippen molar-refractivity contribution in [1.29, 1.82) is 0 Å². The highest BCUT2D eigenvalue weighted by Gasteiger charge is 2.77. The molecule has 0 aromatic heterocycles. The molecule has 1 saturated carbocycles. The van der Waals surface area contributed by atoms with Crippen LogP contribution in [0.25, 0.3) is 0 Å². The average molecular weight is 624 g/mol. The lowest BCUT2D eigenvalue weighted by molar-refractivity contribution is -0.144. The molecule has 8 nitrogen and oxygen atoms in total. The fourth-order valence-corrected chi connectivity index (χ4v) is 10.7. The van der Waals surface area contributed by atoms with E-state index in [-0.39, 0.29) is 30.4 Å². The van der Waals surface area contributed by atoms with E-state index in [1.165, 1.54) is 6.42 Å². The van der Waals surface area contributed by atoms with Crippen LogP contribution in [0.15, 0.2) is 49.6 Å². The van der Waals surface area contributed by atoms with E-state index in [1.807, 2.05) is 36.1 Å². The zero-order valence-corrected chi connectivity index (χ0v) is 27.2. The van der Waals surface area contributed by atoms with Gasteiger partial charge in [-0.2, -0.15) is 0 Å². The van der Waals surface area contributed by atoms with Gasteiger partial charge in [0.05, 0.1) is 23.2 Å². The number of anilines is 1. The van der Waals surface area contributed by atoms with Crippen molar-refractivity contribution in [1.82, 2.24) is 9.80 Å². The fourth-order valence-electron chi connectivity index (χ4n) is 8.33. The lowest BCUT2D eigenvalue weighted by Crippen LogP contribution is -2.57. The number of rotatable bonds is 14. The van der Waals surface area contributed by atoms with Crippen molar-refractivity contribution in [3.8, 4) is 5.75 Å². The number of hydrogen-bond acceptors (Lipinski definition) is 6. The Hall–Kier alpha value is -2.78. The van der Waals surface area contributed by atoms with Crippen LogP contribution >= 0.6 is 11.8 Å². The van der Waals surface area contributed by atoms with Crippen molar-refractivity contribution in [2.75, 3.05) is 37.7 Å². The summed E-state index contributed by atoms with van der Waals surface area (Å²) in [6.45, 7) is 13.7. The highest BCUT2D eigenvalue weighted by atomic mass is 32.2. The minimum atomic E-state index is -0.671. The number of aliphatic hydroxyl groups excluding tert-OH is 1. The van der Waals surface area contributed by atoms with Gasteiger partial charge in [0.25, 0.3) is 0 Å². The lowest BCUT2D eigenvalue weighted by Gasteiger charge is -2.41. The number of hydrogen-bond donors (Lipinski definition) is 1. The summed E-state index contributed by atoms with van der Waals surface area (Å²) in [7, 11) is 0. The van der Waals surface area contributed by atoms with Crippen molar-refractivity contribution in [3.63, 3.8) is 0 Å².